The van der Waals surface area contributed by atoms with Crippen LogP contribution >= 0.6 is 32.3 Å². The monoisotopic (exact) mass is 968 g/mol. The molecule has 5 aromatic carbocycles. The molecular weight excluding hydrogens is 913 g/mol. The fourth-order valence-electron chi connectivity index (χ4n) is 10.5. The lowest BCUT2D eigenvalue weighted by Gasteiger charge is -2.42. The summed E-state index contributed by atoms with van der Waals surface area (Å²) in [5.41, 5.74) is 13.0. The molecule has 0 radical (unpaired) electrons. The number of nitrogens with zero attached hydrogens (tertiary/aromatic N) is 2. The predicted octanol–water partition coefficient (Wildman–Crippen LogP) is 16.1. The Balaban J connectivity index is 1.07. The van der Waals surface area contributed by atoms with Crippen molar-refractivity contribution in [2.24, 2.45) is 0 Å². The smallest absolute Gasteiger partial charge is 0.154 e. The number of hydrogen-bond acceptors (Lipinski definition) is 6. The summed E-state index contributed by atoms with van der Waals surface area (Å²) in [5.74, 6) is 0.145. The summed E-state index contributed by atoms with van der Waals surface area (Å²) in [7, 11) is -4.17. The van der Waals surface area contributed by atoms with Gasteiger partial charge in [-0.1, -0.05) is 153 Å². The molecule has 9 aromatic rings. The Kier molecular flexibility index (Phi) is 14.0. The standard InChI is InChI=1S/C58H56N2O4P4/c1-2-3-37-59(65-51(44-22-9-4-10-23-44)35-36-52(65)45-24-11-5-12-25-45)67(54-32-19-38-61-54)57-41-48(43-64-57)50-42-53(46-26-13-6-14-27-46)66(58(50)47-28-15-7-16-29-47)60(49-30-17-8-18-31-49)68(55-33-20-39-62-55)56-34-21-40-63-56/h4-34,38-41,43,50-53,58H,2-3,35-37,42H2,1H3/t50?,51-,52-,53-,58+,66?,67?/m0/s1. The van der Waals surface area contributed by atoms with Crippen molar-refractivity contribution >= 4 is 60.0 Å². The van der Waals surface area contributed by atoms with Crippen LogP contribution in [0.5, 0.6) is 0 Å². The molecule has 0 spiro atoms. The minimum Gasteiger partial charge on any atom is -0.463 e. The Morgan fingerprint density at radius 2 is 0.941 bits per heavy atom. The molecule has 2 aliphatic rings. The lowest BCUT2D eigenvalue weighted by atomic mass is 9.88. The van der Waals surface area contributed by atoms with Crippen LogP contribution in [0.25, 0.3) is 0 Å². The van der Waals surface area contributed by atoms with E-state index in [0.29, 0.717) is 11.3 Å². The molecule has 6 nitrogen and oxygen atoms in total. The van der Waals surface area contributed by atoms with Gasteiger partial charge in [0.15, 0.2) is 11.0 Å². The second-order valence-electron chi connectivity index (χ2n) is 17.6. The molecule has 7 atom stereocenters. The van der Waals surface area contributed by atoms with E-state index in [4.69, 9.17) is 17.7 Å². The number of para-hydroxylation sites is 1. The highest BCUT2D eigenvalue weighted by atomic mass is 31.2. The first-order chi connectivity index (χ1) is 33.7. The number of furan rings is 4. The Bertz CT molecular complexity index is 2800. The summed E-state index contributed by atoms with van der Waals surface area (Å²) in [4.78, 5) is 0. The molecule has 0 aliphatic carbocycles. The van der Waals surface area contributed by atoms with Crippen molar-refractivity contribution in [2.45, 2.75) is 67.6 Å². The molecule has 10 heteroatoms. The van der Waals surface area contributed by atoms with Crippen LogP contribution in [0.3, 0.4) is 0 Å². The molecule has 11 rings (SSSR count). The quantitative estimate of drug-likeness (QED) is 0.0848. The topological polar surface area (TPSA) is 59.0 Å². The first-order valence-electron chi connectivity index (χ1n) is 23.9. The summed E-state index contributed by atoms with van der Waals surface area (Å²) in [6.07, 6.45) is 13.0. The average molecular weight is 969 g/mol. The first kappa shape index (κ1) is 45.2. The maximum absolute atomic E-state index is 7.14. The molecule has 2 saturated heterocycles. The summed E-state index contributed by atoms with van der Waals surface area (Å²) in [5, 5.41) is 0. The molecular formula is C58H56N2O4P4. The van der Waals surface area contributed by atoms with E-state index in [2.05, 4.69) is 204 Å². The number of anilines is 1. The van der Waals surface area contributed by atoms with Crippen LogP contribution < -0.4 is 26.4 Å². The van der Waals surface area contributed by atoms with E-state index < -0.39 is 32.3 Å². The minimum atomic E-state index is -1.26. The molecule has 2 fully saturated rings. The first-order valence-corrected chi connectivity index (χ1v) is 29.4. The average Bonchev–Trinajstić information content (AvgIpc) is 4.27. The lowest BCUT2D eigenvalue weighted by Crippen LogP contribution is -2.27. The molecule has 0 bridgehead atoms. The van der Waals surface area contributed by atoms with Gasteiger partial charge >= 0.3 is 0 Å². The van der Waals surface area contributed by atoms with E-state index >= 15 is 0 Å². The Labute approximate surface area is 405 Å². The maximum atomic E-state index is 7.14. The second kappa shape index (κ2) is 21.1. The van der Waals surface area contributed by atoms with Crippen LogP contribution in [0.4, 0.5) is 5.69 Å². The van der Waals surface area contributed by atoms with E-state index in [1.165, 1.54) is 33.5 Å². The molecule has 6 heterocycles. The van der Waals surface area contributed by atoms with Gasteiger partial charge < -0.3 is 22.1 Å². The van der Waals surface area contributed by atoms with Crippen LogP contribution in [0.15, 0.2) is 237 Å². The van der Waals surface area contributed by atoms with Gasteiger partial charge in [0, 0.05) is 48.9 Å². The molecule has 0 N–H and O–H groups in total. The largest absolute Gasteiger partial charge is 0.463 e. The zero-order chi connectivity index (χ0) is 45.7. The van der Waals surface area contributed by atoms with Crippen molar-refractivity contribution in [3.63, 3.8) is 0 Å². The third kappa shape index (κ3) is 9.16. The SMILES string of the molecule is CCCCN(P(c1ccco1)c1cc(C2C[C@@H](c3ccccc3)P(N(c3ccccc3)P(c3ccco3)c3ccco3)[C@@H]2c2ccccc2)co1)P1[C@H](c2ccccc2)CC[C@H]1c1ccccc1. The molecule has 0 saturated carbocycles. The van der Waals surface area contributed by atoms with Crippen LogP contribution in [-0.2, 0) is 0 Å². The molecule has 0 amide bonds. The van der Waals surface area contributed by atoms with Crippen LogP contribution in [-0.4, -0.2) is 11.0 Å². The Morgan fingerprint density at radius 3 is 1.43 bits per heavy atom. The van der Waals surface area contributed by atoms with E-state index in [1.54, 1.807) is 12.5 Å². The Hall–Kier alpha value is -5.30. The van der Waals surface area contributed by atoms with E-state index in [9.17, 15) is 0 Å². The van der Waals surface area contributed by atoms with Crippen molar-refractivity contribution in [1.82, 2.24) is 4.44 Å². The number of unbranched alkanes of at least 4 members (excludes halogenated alkanes) is 1. The minimum absolute atomic E-state index is 0.132. The highest BCUT2D eigenvalue weighted by Gasteiger charge is 2.52. The fourth-order valence-corrected chi connectivity index (χ4v) is 24.8. The van der Waals surface area contributed by atoms with Gasteiger partial charge in [0.1, 0.15) is 27.1 Å². The van der Waals surface area contributed by atoms with Gasteiger partial charge in [-0.2, -0.15) is 0 Å². The number of rotatable bonds is 17. The van der Waals surface area contributed by atoms with Crippen LogP contribution in [0, 0.1) is 0 Å². The van der Waals surface area contributed by atoms with E-state index in [-0.39, 0.29) is 17.2 Å². The highest BCUT2D eigenvalue weighted by Crippen LogP contribution is 2.80. The third-order valence-corrected chi connectivity index (χ3v) is 25.9. The number of hydrogen-bond donors (Lipinski definition) is 0. The van der Waals surface area contributed by atoms with Gasteiger partial charge in [0.25, 0.3) is 0 Å². The van der Waals surface area contributed by atoms with E-state index in [0.717, 1.165) is 60.7 Å². The number of benzene rings is 5. The molecule has 4 aromatic heterocycles. The van der Waals surface area contributed by atoms with Gasteiger partial charge in [-0.05, 0) is 116 Å². The van der Waals surface area contributed by atoms with Gasteiger partial charge in [-0.15, -0.1) is 0 Å². The van der Waals surface area contributed by atoms with Crippen molar-refractivity contribution in [3.8, 4) is 0 Å². The van der Waals surface area contributed by atoms with Crippen LogP contribution in [0.2, 0.25) is 0 Å². The van der Waals surface area contributed by atoms with Crippen molar-refractivity contribution < 1.29 is 17.7 Å². The molecule has 3 unspecified atom stereocenters. The fraction of sp³-hybridized carbons (Fsp3) is 0.207. The molecule has 2 aliphatic heterocycles. The van der Waals surface area contributed by atoms with E-state index in [1.807, 2.05) is 18.4 Å². The lowest BCUT2D eigenvalue weighted by molar-refractivity contribution is 0.565. The Morgan fingerprint density at radius 1 is 0.471 bits per heavy atom. The summed E-state index contributed by atoms with van der Waals surface area (Å²) in [6.45, 7) is 3.29. The van der Waals surface area contributed by atoms with Crippen molar-refractivity contribution in [2.75, 3.05) is 11.0 Å². The van der Waals surface area contributed by atoms with Crippen molar-refractivity contribution in [1.29, 1.82) is 0 Å². The molecule has 68 heavy (non-hydrogen) atoms. The highest BCUT2D eigenvalue weighted by molar-refractivity contribution is 7.85. The zero-order valence-electron chi connectivity index (χ0n) is 38.2. The molecule has 342 valence electrons. The zero-order valence-corrected chi connectivity index (χ0v) is 41.8. The van der Waals surface area contributed by atoms with Gasteiger partial charge in [-0.25, -0.2) is 4.44 Å². The predicted molar refractivity (Wildman–Crippen MR) is 285 cm³/mol. The van der Waals surface area contributed by atoms with Gasteiger partial charge in [0.05, 0.1) is 25.1 Å². The van der Waals surface area contributed by atoms with Crippen LogP contribution in [0.1, 0.15) is 95.4 Å². The maximum Gasteiger partial charge on any atom is 0.154 e. The third-order valence-electron chi connectivity index (χ3n) is 13.5. The van der Waals surface area contributed by atoms with Crippen molar-refractivity contribution in [3.05, 3.63) is 247 Å². The normalized spacial score (nSPS) is 21.2. The summed E-state index contributed by atoms with van der Waals surface area (Å²) < 4.78 is 32.2. The van der Waals surface area contributed by atoms with Gasteiger partial charge in [-0.3, -0.25) is 0 Å². The summed E-state index contributed by atoms with van der Waals surface area (Å²) in [6, 6.07) is 71.1. The second-order valence-corrected chi connectivity index (χ2v) is 26.9. The van der Waals surface area contributed by atoms with Gasteiger partial charge in [0.2, 0.25) is 0 Å². The summed E-state index contributed by atoms with van der Waals surface area (Å²) >= 11 is 0.